The zero-order chi connectivity index (χ0) is 18.9. The summed E-state index contributed by atoms with van der Waals surface area (Å²) in [6.07, 6.45) is 2.89. The lowest BCUT2D eigenvalue weighted by atomic mass is 9.64. The molecule has 0 N–H and O–H groups in total. The molecule has 0 radical (unpaired) electrons. The highest BCUT2D eigenvalue weighted by molar-refractivity contribution is 6.11. The topological polar surface area (TPSA) is 55.7 Å². The molecule has 1 saturated carbocycles. The van der Waals surface area contributed by atoms with E-state index in [1.807, 2.05) is 25.1 Å². The van der Waals surface area contributed by atoms with Crippen molar-refractivity contribution in [2.24, 2.45) is 22.2 Å². The van der Waals surface area contributed by atoms with Crippen LogP contribution in [0, 0.1) is 17.3 Å². The molecule has 1 aromatic rings. The molecule has 4 nitrogen and oxygen atoms in total. The summed E-state index contributed by atoms with van der Waals surface area (Å²) in [7, 11) is 1.39. The maximum absolute atomic E-state index is 13.0. The van der Waals surface area contributed by atoms with Gasteiger partial charge in [0.2, 0.25) is 0 Å². The lowest BCUT2D eigenvalue weighted by Gasteiger charge is -2.40. The molecule has 2 atom stereocenters. The molecule has 3 rings (SSSR count). The molecule has 2 aliphatic rings. The van der Waals surface area contributed by atoms with Crippen LogP contribution < -0.4 is 0 Å². The number of benzene rings is 1. The Labute approximate surface area is 155 Å². The summed E-state index contributed by atoms with van der Waals surface area (Å²) >= 11 is 0. The van der Waals surface area contributed by atoms with Crippen LogP contribution in [0.4, 0.5) is 0 Å². The van der Waals surface area contributed by atoms with Crippen molar-refractivity contribution in [3.63, 3.8) is 0 Å². The zero-order valence-corrected chi connectivity index (χ0v) is 16.0. The first-order chi connectivity index (χ1) is 12.3. The van der Waals surface area contributed by atoms with E-state index >= 15 is 0 Å². The number of ether oxygens (including phenoxy) is 1. The highest BCUT2D eigenvalue weighted by Gasteiger charge is 2.46. The minimum atomic E-state index is -0.360. The number of fused-ring (bicyclic) bond motifs is 1. The second-order valence-electron chi connectivity index (χ2n) is 8.19. The standard InChI is InChI=1S/C22H27NO3/c1-14-19(21(25)26-4)16(11-10-15-8-6-5-7-9-15)20-17(23-14)12-22(2,3)13-18(20)24/h5-9,16,20H,10-13H2,1-4H3. The van der Waals surface area contributed by atoms with Gasteiger partial charge in [-0.1, -0.05) is 44.2 Å². The molecule has 0 saturated heterocycles. The number of rotatable bonds is 4. The molecule has 1 heterocycles. The van der Waals surface area contributed by atoms with Gasteiger partial charge in [0.1, 0.15) is 5.78 Å². The number of esters is 1. The number of hydrogen-bond acceptors (Lipinski definition) is 4. The van der Waals surface area contributed by atoms with Gasteiger partial charge in [-0.15, -0.1) is 0 Å². The van der Waals surface area contributed by atoms with Gasteiger partial charge in [-0.3, -0.25) is 9.79 Å². The van der Waals surface area contributed by atoms with Gasteiger partial charge >= 0.3 is 5.97 Å². The normalized spacial score (nSPS) is 24.8. The van der Waals surface area contributed by atoms with Crippen molar-refractivity contribution in [2.45, 2.75) is 46.5 Å². The van der Waals surface area contributed by atoms with Crippen LogP contribution in [0.5, 0.6) is 0 Å². The predicted molar refractivity (Wildman–Crippen MR) is 102 cm³/mol. The molecule has 0 spiro atoms. The van der Waals surface area contributed by atoms with Gasteiger partial charge in [-0.25, -0.2) is 4.79 Å². The minimum absolute atomic E-state index is 0.0700. The predicted octanol–water partition coefficient (Wildman–Crippen LogP) is 4.14. The zero-order valence-electron chi connectivity index (χ0n) is 16.0. The summed E-state index contributed by atoms with van der Waals surface area (Å²) in [6, 6.07) is 10.2. The number of allylic oxidation sites excluding steroid dienone is 1. The van der Waals surface area contributed by atoms with Gasteiger partial charge in [0.05, 0.1) is 18.6 Å². The number of carbonyl (C=O) groups is 2. The summed E-state index contributed by atoms with van der Waals surface area (Å²) in [5.74, 6) is -0.601. The number of hydrogen-bond donors (Lipinski definition) is 0. The Bertz CT molecular complexity index is 774. The third-order valence-corrected chi connectivity index (χ3v) is 5.48. The summed E-state index contributed by atoms with van der Waals surface area (Å²) < 4.78 is 5.02. The molecular weight excluding hydrogens is 326 g/mol. The Morgan fingerprint density at radius 1 is 1.23 bits per heavy atom. The van der Waals surface area contributed by atoms with Gasteiger partial charge < -0.3 is 4.74 Å². The quantitative estimate of drug-likeness (QED) is 0.764. The average molecular weight is 353 g/mol. The molecule has 26 heavy (non-hydrogen) atoms. The number of carbonyl (C=O) groups excluding carboxylic acids is 2. The summed E-state index contributed by atoms with van der Waals surface area (Å²) in [5.41, 5.74) is 3.35. The molecule has 4 heteroatoms. The van der Waals surface area contributed by atoms with Crippen LogP contribution in [0.15, 0.2) is 46.6 Å². The highest BCUT2D eigenvalue weighted by Crippen LogP contribution is 2.44. The highest BCUT2D eigenvalue weighted by atomic mass is 16.5. The average Bonchev–Trinajstić information content (AvgIpc) is 2.58. The van der Waals surface area contributed by atoms with Crippen LogP contribution in [-0.4, -0.2) is 24.6 Å². The largest absolute Gasteiger partial charge is 0.466 e. The number of methoxy groups -OCH3 is 1. The number of nitrogens with zero attached hydrogens (tertiary/aromatic N) is 1. The van der Waals surface area contributed by atoms with Crippen LogP contribution >= 0.6 is 0 Å². The summed E-state index contributed by atoms with van der Waals surface area (Å²) in [4.78, 5) is 30.1. The second-order valence-corrected chi connectivity index (χ2v) is 8.19. The fourth-order valence-electron chi connectivity index (χ4n) is 4.39. The van der Waals surface area contributed by atoms with E-state index in [2.05, 4.69) is 31.0 Å². The third-order valence-electron chi connectivity index (χ3n) is 5.48. The van der Waals surface area contributed by atoms with E-state index in [-0.39, 0.29) is 29.0 Å². The molecule has 1 aliphatic heterocycles. The lowest BCUT2D eigenvalue weighted by Crippen LogP contribution is -2.45. The van der Waals surface area contributed by atoms with Crippen molar-refractivity contribution in [3.8, 4) is 0 Å². The summed E-state index contributed by atoms with van der Waals surface area (Å²) in [6.45, 7) is 6.08. The van der Waals surface area contributed by atoms with Crippen LogP contribution in [0.2, 0.25) is 0 Å². The van der Waals surface area contributed by atoms with E-state index in [4.69, 9.17) is 4.74 Å². The molecule has 1 fully saturated rings. The van der Waals surface area contributed by atoms with Gasteiger partial charge in [0.25, 0.3) is 0 Å². The number of Topliss-reactive ketones (excluding diaryl/α,β-unsaturated/α-hetero) is 1. The van der Waals surface area contributed by atoms with E-state index in [1.165, 1.54) is 12.7 Å². The van der Waals surface area contributed by atoms with Gasteiger partial charge in [-0.05, 0) is 37.2 Å². The minimum Gasteiger partial charge on any atom is -0.466 e. The molecule has 1 aliphatic carbocycles. The van der Waals surface area contributed by atoms with E-state index in [1.54, 1.807) is 0 Å². The maximum Gasteiger partial charge on any atom is 0.335 e. The van der Waals surface area contributed by atoms with E-state index in [0.717, 1.165) is 25.0 Å². The number of aliphatic imine (C=N–C) groups is 1. The molecule has 0 amide bonds. The molecule has 0 bridgehead atoms. The summed E-state index contributed by atoms with van der Waals surface area (Å²) in [5, 5.41) is 0. The molecule has 0 aromatic heterocycles. The van der Waals surface area contributed by atoms with Crippen molar-refractivity contribution in [2.75, 3.05) is 7.11 Å². The SMILES string of the molecule is COC(=O)C1=C(C)N=C2CC(C)(C)CC(=O)C2C1CCc1ccccc1. The van der Waals surface area contributed by atoms with Crippen molar-refractivity contribution < 1.29 is 14.3 Å². The van der Waals surface area contributed by atoms with Gasteiger partial charge in [0, 0.05) is 23.7 Å². The Morgan fingerprint density at radius 3 is 2.58 bits per heavy atom. The van der Waals surface area contributed by atoms with Crippen LogP contribution in [0.25, 0.3) is 0 Å². The fourth-order valence-corrected chi connectivity index (χ4v) is 4.39. The molecule has 2 unspecified atom stereocenters. The Morgan fingerprint density at radius 2 is 1.92 bits per heavy atom. The Kier molecular flexibility index (Phi) is 5.12. The van der Waals surface area contributed by atoms with Crippen molar-refractivity contribution >= 4 is 17.5 Å². The van der Waals surface area contributed by atoms with Crippen molar-refractivity contribution in [3.05, 3.63) is 47.2 Å². The fraction of sp³-hybridized carbons (Fsp3) is 0.500. The van der Waals surface area contributed by atoms with E-state index < -0.39 is 0 Å². The lowest BCUT2D eigenvalue weighted by molar-refractivity contribution is -0.137. The number of aryl methyl sites for hydroxylation is 1. The van der Waals surface area contributed by atoms with Crippen LogP contribution in [0.3, 0.4) is 0 Å². The first-order valence-electron chi connectivity index (χ1n) is 9.25. The van der Waals surface area contributed by atoms with Crippen LogP contribution in [0.1, 0.15) is 45.6 Å². The maximum atomic E-state index is 13.0. The van der Waals surface area contributed by atoms with E-state index in [0.29, 0.717) is 17.7 Å². The van der Waals surface area contributed by atoms with Crippen LogP contribution in [-0.2, 0) is 20.7 Å². The van der Waals surface area contributed by atoms with Crippen molar-refractivity contribution in [1.29, 1.82) is 0 Å². The van der Waals surface area contributed by atoms with E-state index in [9.17, 15) is 9.59 Å². The molecule has 138 valence electrons. The Balaban J connectivity index is 1.96. The van der Waals surface area contributed by atoms with Gasteiger partial charge in [0.15, 0.2) is 0 Å². The first kappa shape index (κ1) is 18.6. The molecular formula is C22H27NO3. The monoisotopic (exact) mass is 353 g/mol. The van der Waals surface area contributed by atoms with Crippen molar-refractivity contribution in [1.82, 2.24) is 0 Å². The first-order valence-corrected chi connectivity index (χ1v) is 9.25. The Hall–Kier alpha value is -2.23. The molecule has 1 aromatic carbocycles. The second kappa shape index (κ2) is 7.18. The number of ketones is 1. The van der Waals surface area contributed by atoms with Gasteiger partial charge in [-0.2, -0.15) is 0 Å². The smallest absolute Gasteiger partial charge is 0.335 e. The third kappa shape index (κ3) is 3.64.